The molecule has 1 heterocycles. The average molecular weight is 759 g/mol. The van der Waals surface area contributed by atoms with Crippen molar-refractivity contribution in [1.29, 1.82) is 10.5 Å². The highest BCUT2D eigenvalue weighted by atomic mass is 16.2. The first-order chi connectivity index (χ1) is 29.0. The van der Waals surface area contributed by atoms with E-state index in [1.54, 1.807) is 36.2 Å². The summed E-state index contributed by atoms with van der Waals surface area (Å²) in [5.74, 6) is -0.384. The van der Waals surface area contributed by atoms with E-state index in [0.29, 0.717) is 22.5 Å². The first kappa shape index (κ1) is 36.3. The molecule has 1 aromatic heterocycles. The Balaban J connectivity index is 1.37. The third-order valence-electron chi connectivity index (χ3n) is 11.0. The van der Waals surface area contributed by atoms with E-state index >= 15 is 4.79 Å². The summed E-state index contributed by atoms with van der Waals surface area (Å²) in [4.78, 5) is 30.3. The van der Waals surface area contributed by atoms with Crippen LogP contribution in [0.4, 0.5) is 5.69 Å². The molecule has 278 valence electrons. The first-order valence-corrected chi connectivity index (χ1v) is 19.2. The number of nitrogens with zero attached hydrogens (tertiary/aromatic N) is 4. The maximum Gasteiger partial charge on any atom is 0.260 e. The molecular weight excluding hydrogens is 725 g/mol. The lowest BCUT2D eigenvalue weighted by Crippen LogP contribution is -2.29. The van der Waals surface area contributed by atoms with Gasteiger partial charge in [0.05, 0.1) is 51.2 Å². The van der Waals surface area contributed by atoms with Crippen LogP contribution in [0.2, 0.25) is 0 Å². The Labute approximate surface area is 341 Å². The van der Waals surface area contributed by atoms with Crippen LogP contribution in [-0.2, 0) is 0 Å². The lowest BCUT2D eigenvalue weighted by atomic mass is 9.96. The van der Waals surface area contributed by atoms with Gasteiger partial charge in [0.2, 0.25) is 0 Å². The Kier molecular flexibility index (Phi) is 9.43. The Morgan fingerprint density at radius 3 is 1.59 bits per heavy atom. The molecule has 0 saturated heterocycles. The molecule has 0 bridgehead atoms. The van der Waals surface area contributed by atoms with E-state index in [-0.39, 0.29) is 17.0 Å². The number of benzene rings is 8. The summed E-state index contributed by atoms with van der Waals surface area (Å²) in [5.41, 5.74) is 10.8. The zero-order valence-electron chi connectivity index (χ0n) is 32.0. The molecule has 6 nitrogen and oxygen atoms in total. The van der Waals surface area contributed by atoms with Crippen LogP contribution >= 0.6 is 0 Å². The fraction of sp³-hybridized carbons (Fsp3) is 0.0189. The second-order valence-corrected chi connectivity index (χ2v) is 14.2. The summed E-state index contributed by atoms with van der Waals surface area (Å²) in [6, 6.07) is 63.0. The molecule has 0 atom stereocenters. The highest BCUT2D eigenvalue weighted by molar-refractivity contribution is 6.20. The molecule has 0 aliphatic rings. The second-order valence-electron chi connectivity index (χ2n) is 14.2. The number of carbonyl (C=O) groups is 2. The van der Waals surface area contributed by atoms with Crippen molar-refractivity contribution in [2.24, 2.45) is 0 Å². The van der Waals surface area contributed by atoms with E-state index in [1.165, 1.54) is 0 Å². The molecule has 0 saturated carbocycles. The van der Waals surface area contributed by atoms with Crippen molar-refractivity contribution in [2.75, 3.05) is 11.9 Å². The maximum atomic E-state index is 15.5. The minimum Gasteiger partial charge on any atom is -0.311 e. The molecule has 0 spiro atoms. The number of carbonyl (C=O) groups excluding carboxylic acids is 2. The van der Waals surface area contributed by atoms with Gasteiger partial charge in [-0.25, -0.2) is 0 Å². The van der Waals surface area contributed by atoms with Crippen molar-refractivity contribution < 1.29 is 9.59 Å². The van der Waals surface area contributed by atoms with E-state index in [1.807, 2.05) is 156 Å². The fourth-order valence-corrected chi connectivity index (χ4v) is 8.26. The monoisotopic (exact) mass is 758 g/mol. The highest BCUT2D eigenvalue weighted by Gasteiger charge is 2.28. The van der Waals surface area contributed by atoms with Crippen molar-refractivity contribution in [3.63, 3.8) is 0 Å². The normalized spacial score (nSPS) is 10.9. The summed E-state index contributed by atoms with van der Waals surface area (Å²) in [6.45, 7) is 0. The minimum atomic E-state index is -0.384. The standard InChI is InChI=1S/C53H34N4O2/c1-56(49-31-37(35-15-4-2-5-16-35)29-30-43(49)36-17-6-3-7-18-36)53(59)50-40(34-58)21-12-28-48(50)57-51-44(41-22-10-8-19-38(41)32-54)24-13-26-46(51)47-27-14-25-45(52(47)57)42-23-11-9-20-39(42)33-55/h2-31,34H,1H3. The van der Waals surface area contributed by atoms with Gasteiger partial charge in [0.25, 0.3) is 5.91 Å². The number of aldehydes is 1. The molecule has 0 aliphatic heterocycles. The van der Waals surface area contributed by atoms with E-state index in [4.69, 9.17) is 0 Å². The quantitative estimate of drug-likeness (QED) is 0.144. The predicted molar refractivity (Wildman–Crippen MR) is 237 cm³/mol. The van der Waals surface area contributed by atoms with Gasteiger partial charge in [0, 0.05) is 51.2 Å². The first-order valence-electron chi connectivity index (χ1n) is 19.2. The van der Waals surface area contributed by atoms with Gasteiger partial charge in [0.15, 0.2) is 6.29 Å². The number of rotatable bonds is 8. The molecular formula is C53H34N4O2. The average Bonchev–Trinajstić information content (AvgIpc) is 3.66. The Morgan fingerprint density at radius 2 is 1.03 bits per heavy atom. The summed E-state index contributed by atoms with van der Waals surface area (Å²) in [7, 11) is 1.75. The largest absolute Gasteiger partial charge is 0.311 e. The zero-order chi connectivity index (χ0) is 40.5. The van der Waals surface area contributed by atoms with Crippen molar-refractivity contribution in [3.8, 4) is 62.3 Å². The highest BCUT2D eigenvalue weighted by Crippen LogP contribution is 2.44. The summed E-state index contributed by atoms with van der Waals surface area (Å²) in [5, 5.41) is 22.4. The summed E-state index contributed by atoms with van der Waals surface area (Å²) >= 11 is 0. The van der Waals surface area contributed by atoms with Crippen molar-refractivity contribution in [1.82, 2.24) is 4.57 Å². The van der Waals surface area contributed by atoms with Crippen LogP contribution < -0.4 is 4.90 Å². The lowest BCUT2D eigenvalue weighted by Gasteiger charge is -2.25. The van der Waals surface area contributed by atoms with Gasteiger partial charge in [-0.1, -0.05) is 158 Å². The van der Waals surface area contributed by atoms with Gasteiger partial charge < -0.3 is 9.47 Å². The van der Waals surface area contributed by atoms with Gasteiger partial charge in [-0.05, 0) is 41.0 Å². The van der Waals surface area contributed by atoms with Gasteiger partial charge in [-0.3, -0.25) is 9.59 Å². The SMILES string of the molecule is CN(C(=O)c1c(C=O)cccc1-n1c2c(-c3ccccc3C#N)cccc2c2cccc(-c3ccccc3C#N)c21)c1cc(-c2ccccc2)ccc1-c1ccccc1. The number of anilines is 1. The molecule has 0 unspecified atom stereocenters. The number of aromatic nitrogens is 1. The van der Waals surface area contributed by atoms with Gasteiger partial charge in [-0.15, -0.1) is 0 Å². The lowest BCUT2D eigenvalue weighted by molar-refractivity contribution is 0.0986. The molecule has 6 heteroatoms. The van der Waals surface area contributed by atoms with Crippen molar-refractivity contribution >= 4 is 39.7 Å². The molecule has 1 amide bonds. The molecule has 59 heavy (non-hydrogen) atoms. The van der Waals surface area contributed by atoms with Crippen LogP contribution in [0.5, 0.6) is 0 Å². The number of hydrogen-bond donors (Lipinski definition) is 0. The maximum absolute atomic E-state index is 15.5. The number of hydrogen-bond acceptors (Lipinski definition) is 4. The smallest absolute Gasteiger partial charge is 0.260 e. The molecule has 0 aliphatic carbocycles. The minimum absolute atomic E-state index is 0.208. The van der Waals surface area contributed by atoms with Crippen LogP contribution in [-0.4, -0.2) is 23.8 Å². The zero-order valence-corrected chi connectivity index (χ0v) is 32.0. The second kappa shape index (κ2) is 15.3. The Morgan fingerprint density at radius 1 is 0.525 bits per heavy atom. The van der Waals surface area contributed by atoms with Crippen molar-refractivity contribution in [3.05, 3.63) is 204 Å². The Hall–Kier alpha value is -8.32. The van der Waals surface area contributed by atoms with Crippen LogP contribution in [0, 0.1) is 22.7 Å². The van der Waals surface area contributed by atoms with Crippen LogP contribution in [0.25, 0.3) is 72.0 Å². The molecule has 0 fully saturated rings. The molecule has 8 aromatic carbocycles. The third-order valence-corrected chi connectivity index (χ3v) is 11.0. The number of para-hydroxylation sites is 2. The molecule has 9 rings (SSSR count). The Bertz CT molecular complexity index is 3070. The van der Waals surface area contributed by atoms with Crippen LogP contribution in [0.15, 0.2) is 182 Å². The van der Waals surface area contributed by atoms with E-state index in [2.05, 4.69) is 18.2 Å². The van der Waals surface area contributed by atoms with Gasteiger partial charge in [0.1, 0.15) is 0 Å². The van der Waals surface area contributed by atoms with Gasteiger partial charge >= 0.3 is 0 Å². The van der Waals surface area contributed by atoms with E-state index in [9.17, 15) is 15.3 Å². The summed E-state index contributed by atoms with van der Waals surface area (Å²) in [6.07, 6.45) is 0.731. The molecule has 9 aromatic rings. The molecule has 0 radical (unpaired) electrons. The number of amides is 1. The topological polar surface area (TPSA) is 89.9 Å². The van der Waals surface area contributed by atoms with E-state index in [0.717, 1.165) is 72.6 Å². The van der Waals surface area contributed by atoms with Crippen molar-refractivity contribution in [2.45, 2.75) is 0 Å². The fourth-order valence-electron chi connectivity index (χ4n) is 8.26. The number of fused-ring (bicyclic) bond motifs is 3. The molecule has 0 N–H and O–H groups in total. The van der Waals surface area contributed by atoms with Gasteiger partial charge in [-0.2, -0.15) is 10.5 Å². The summed E-state index contributed by atoms with van der Waals surface area (Å²) < 4.78 is 2.05. The van der Waals surface area contributed by atoms with Crippen LogP contribution in [0.1, 0.15) is 31.8 Å². The number of nitriles is 2. The third kappa shape index (κ3) is 6.23. The van der Waals surface area contributed by atoms with Crippen LogP contribution in [0.3, 0.4) is 0 Å². The predicted octanol–water partition coefficient (Wildman–Crippen LogP) is 12.3. The van der Waals surface area contributed by atoms with E-state index < -0.39 is 0 Å².